The monoisotopic (exact) mass is 526 g/mol. The zero-order valence-electron chi connectivity index (χ0n) is 21.3. The molecule has 3 aromatic carbocycles. The smallest absolute Gasteiger partial charge is 0.341 e. The van der Waals surface area contributed by atoms with Crippen molar-refractivity contribution in [3.8, 4) is 11.5 Å². The summed E-state index contributed by atoms with van der Waals surface area (Å²) in [6.45, 7) is 3.98. The molecular weight excluding hydrogens is 494 g/mol. The van der Waals surface area contributed by atoms with Gasteiger partial charge in [-0.15, -0.1) is 0 Å². The number of methoxy groups -OCH3 is 1. The maximum absolute atomic E-state index is 13.4. The third-order valence-corrected chi connectivity index (χ3v) is 7.12. The number of alkyl halides is 1. The molecule has 2 atom stereocenters. The van der Waals surface area contributed by atoms with Crippen LogP contribution in [0.15, 0.2) is 54.6 Å². The van der Waals surface area contributed by atoms with E-state index < -0.39 is 17.5 Å². The second-order valence-corrected chi connectivity index (χ2v) is 10.2. The van der Waals surface area contributed by atoms with Gasteiger partial charge in [0, 0.05) is 0 Å². The maximum atomic E-state index is 13.4. The van der Waals surface area contributed by atoms with Crippen LogP contribution in [0.5, 0.6) is 11.5 Å². The van der Waals surface area contributed by atoms with Gasteiger partial charge in [-0.05, 0) is 73.6 Å². The van der Waals surface area contributed by atoms with Gasteiger partial charge in [-0.1, -0.05) is 51.7 Å². The Balaban J connectivity index is 1.39. The lowest BCUT2D eigenvalue weighted by atomic mass is 9.74. The van der Waals surface area contributed by atoms with Crippen molar-refractivity contribution in [2.24, 2.45) is 5.41 Å². The fourth-order valence-electron chi connectivity index (χ4n) is 4.74. The van der Waals surface area contributed by atoms with E-state index in [0.29, 0.717) is 37.0 Å². The molecule has 3 aromatic rings. The predicted octanol–water partition coefficient (Wildman–Crippen LogP) is 6.51. The molecule has 4 rings (SSSR count). The summed E-state index contributed by atoms with van der Waals surface area (Å²) in [6, 6.07) is 17.1. The van der Waals surface area contributed by atoms with Gasteiger partial charge < -0.3 is 18.9 Å². The van der Waals surface area contributed by atoms with Crippen molar-refractivity contribution in [1.29, 1.82) is 0 Å². The van der Waals surface area contributed by atoms with Crippen molar-refractivity contribution in [2.45, 2.75) is 58.3 Å². The van der Waals surface area contributed by atoms with Gasteiger partial charge in [-0.25, -0.2) is 4.79 Å². The van der Waals surface area contributed by atoms with Crippen molar-refractivity contribution in [3.63, 3.8) is 0 Å². The highest BCUT2D eigenvalue weighted by molar-refractivity contribution is 7.16. The molecule has 8 heteroatoms. The topological polar surface area (TPSA) is 71.1 Å². The van der Waals surface area contributed by atoms with Gasteiger partial charge in [0.1, 0.15) is 23.7 Å². The summed E-state index contributed by atoms with van der Waals surface area (Å²) >= 11 is 0. The fraction of sp³-hybridized carbons (Fsp3) is 0.379. The fourth-order valence-corrected chi connectivity index (χ4v) is 4.89. The molecule has 0 radical (unpaired) electrons. The molecule has 0 bridgehead atoms. The van der Waals surface area contributed by atoms with Crippen molar-refractivity contribution in [1.82, 2.24) is 0 Å². The molecule has 1 saturated carbocycles. The number of ether oxygens (including phenoxy) is 4. The van der Waals surface area contributed by atoms with E-state index in [-0.39, 0.29) is 30.0 Å². The number of halogens is 1. The number of hydrogen-bond acceptors (Lipinski definition) is 6. The van der Waals surface area contributed by atoms with E-state index in [9.17, 15) is 14.0 Å². The van der Waals surface area contributed by atoms with Gasteiger partial charge in [-0.2, -0.15) is 4.39 Å². The highest BCUT2D eigenvalue weighted by Gasteiger charge is 2.39. The molecule has 1 aliphatic rings. The van der Waals surface area contributed by atoms with Crippen molar-refractivity contribution in [2.75, 3.05) is 7.11 Å². The number of esters is 2. The Bertz CT molecular complexity index is 1280. The molecule has 0 N–H and O–H groups in total. The van der Waals surface area contributed by atoms with Crippen molar-refractivity contribution >= 4 is 32.0 Å². The average molecular weight is 527 g/mol. The van der Waals surface area contributed by atoms with Crippen LogP contribution in [-0.4, -0.2) is 31.3 Å². The molecule has 1 fully saturated rings. The van der Waals surface area contributed by atoms with E-state index in [1.54, 1.807) is 13.0 Å². The van der Waals surface area contributed by atoms with Crippen molar-refractivity contribution < 1.29 is 32.9 Å². The summed E-state index contributed by atoms with van der Waals surface area (Å²) in [5.74, 6) is -0.262. The van der Waals surface area contributed by atoms with Crippen LogP contribution in [-0.2, 0) is 20.9 Å². The number of hydrogen-bond donors (Lipinski definition) is 0. The lowest BCUT2D eigenvalue weighted by Gasteiger charge is -2.35. The predicted molar refractivity (Wildman–Crippen MR) is 142 cm³/mol. The SMILES string of the molecule is COC(=O)c1cc(OC2CCC(C)(C(=O)OCc3cccc4ccccc34)CC2)c(C)cc1OC(F)P. The Morgan fingerprint density at radius 1 is 1.08 bits per heavy atom. The summed E-state index contributed by atoms with van der Waals surface area (Å²) in [4.78, 5) is 25.3. The van der Waals surface area contributed by atoms with Gasteiger partial charge in [0.25, 0.3) is 0 Å². The average Bonchev–Trinajstić information content (AvgIpc) is 2.89. The van der Waals surface area contributed by atoms with Crippen molar-refractivity contribution in [3.05, 3.63) is 71.3 Å². The molecule has 37 heavy (non-hydrogen) atoms. The summed E-state index contributed by atoms with van der Waals surface area (Å²) in [6.07, 6.45) is 0.753. The lowest BCUT2D eigenvalue weighted by Crippen LogP contribution is -2.37. The summed E-state index contributed by atoms with van der Waals surface area (Å²) < 4.78 is 35.3. The highest BCUT2D eigenvalue weighted by atomic mass is 31.0. The molecule has 0 spiro atoms. The van der Waals surface area contributed by atoms with Crippen LogP contribution < -0.4 is 9.47 Å². The quantitative estimate of drug-likeness (QED) is 0.246. The number of benzene rings is 3. The molecule has 0 aromatic heterocycles. The summed E-state index contributed by atoms with van der Waals surface area (Å²) in [7, 11) is 3.14. The third kappa shape index (κ3) is 6.22. The van der Waals surface area contributed by atoms with Gasteiger partial charge in [0.15, 0.2) is 0 Å². The first-order valence-corrected chi connectivity index (χ1v) is 13.0. The second-order valence-electron chi connectivity index (χ2n) is 9.67. The van der Waals surface area contributed by atoms with Crippen LogP contribution in [0.3, 0.4) is 0 Å². The Kier molecular flexibility index (Phi) is 8.33. The number of fused-ring (bicyclic) bond motifs is 1. The van der Waals surface area contributed by atoms with E-state index in [0.717, 1.165) is 16.3 Å². The van der Waals surface area contributed by atoms with E-state index in [2.05, 4.69) is 0 Å². The number of aryl methyl sites for hydroxylation is 1. The van der Waals surface area contributed by atoms with Crippen LogP contribution in [0, 0.1) is 12.3 Å². The Hall–Kier alpha value is -3.18. The third-order valence-electron chi connectivity index (χ3n) is 6.98. The molecule has 0 aliphatic heterocycles. The van der Waals surface area contributed by atoms with E-state index >= 15 is 0 Å². The van der Waals surface area contributed by atoms with E-state index in [1.807, 2.05) is 58.6 Å². The maximum Gasteiger partial charge on any atom is 0.341 e. The Labute approximate surface area is 218 Å². The number of carbonyl (C=O) groups excluding carboxylic acids is 2. The normalized spacial score (nSPS) is 20.2. The lowest BCUT2D eigenvalue weighted by molar-refractivity contribution is -0.159. The Morgan fingerprint density at radius 3 is 2.49 bits per heavy atom. The van der Waals surface area contributed by atoms with Crippen LogP contribution in [0.25, 0.3) is 10.8 Å². The van der Waals surface area contributed by atoms with Gasteiger partial charge in [0.05, 0.1) is 18.6 Å². The Morgan fingerprint density at radius 2 is 1.78 bits per heavy atom. The minimum absolute atomic E-state index is 0.0874. The molecule has 0 amide bonds. The number of rotatable bonds is 8. The van der Waals surface area contributed by atoms with Crippen LogP contribution in [0.2, 0.25) is 0 Å². The zero-order chi connectivity index (χ0) is 26.6. The number of carbonyl (C=O) groups is 2. The molecular formula is C29H32FO6P. The highest BCUT2D eigenvalue weighted by Crippen LogP contribution is 2.40. The summed E-state index contributed by atoms with van der Waals surface area (Å²) in [5, 5.41) is 2.20. The van der Waals surface area contributed by atoms with Crippen LogP contribution >= 0.6 is 9.24 Å². The molecule has 1 aliphatic carbocycles. The molecule has 6 nitrogen and oxygen atoms in total. The summed E-state index contributed by atoms with van der Waals surface area (Å²) in [5.41, 5.74) is 1.18. The van der Waals surface area contributed by atoms with E-state index in [1.165, 1.54) is 13.2 Å². The minimum Gasteiger partial charge on any atom is -0.490 e. The zero-order valence-corrected chi connectivity index (χ0v) is 22.4. The molecule has 0 saturated heterocycles. The van der Waals surface area contributed by atoms with Gasteiger partial charge in [0.2, 0.25) is 6.10 Å². The second kappa shape index (κ2) is 11.5. The molecule has 2 unspecified atom stereocenters. The first kappa shape index (κ1) is 26.9. The minimum atomic E-state index is -1.66. The first-order valence-electron chi connectivity index (χ1n) is 12.3. The largest absolute Gasteiger partial charge is 0.490 e. The van der Waals surface area contributed by atoms with Gasteiger partial charge >= 0.3 is 11.9 Å². The van der Waals surface area contributed by atoms with Gasteiger partial charge in [-0.3, -0.25) is 4.79 Å². The van der Waals surface area contributed by atoms with E-state index in [4.69, 9.17) is 18.9 Å². The van der Waals surface area contributed by atoms with Crippen LogP contribution in [0.1, 0.15) is 54.1 Å². The molecule has 0 heterocycles. The first-order chi connectivity index (χ1) is 17.7. The molecule has 196 valence electrons. The standard InChI is InChI=1S/C29H32FO6P/c1-18-15-25(36-28(30)37)23(26(31)33-3)16-24(18)35-21-11-13-29(2,14-12-21)27(32)34-17-20-9-6-8-19-7-4-5-10-22(19)20/h4-10,15-16,21,28H,11-14,17,37H2,1-3H3. The van der Waals surface area contributed by atoms with Crippen LogP contribution in [0.4, 0.5) is 4.39 Å².